The molecule has 10 rings (SSSR count). The molecule has 5 nitrogen and oxygen atoms in total. The Morgan fingerprint density at radius 1 is 0.380 bits per heavy atom. The van der Waals surface area contributed by atoms with Crippen LogP contribution in [-0.2, 0) is 0 Å². The van der Waals surface area contributed by atoms with Gasteiger partial charge >= 0.3 is 0 Å². The Hall–Kier alpha value is -6.85. The van der Waals surface area contributed by atoms with Gasteiger partial charge in [0.25, 0.3) is 0 Å². The summed E-state index contributed by atoms with van der Waals surface area (Å²) in [5, 5.41) is 4.29. The number of hydrogen-bond acceptors (Lipinski definition) is 5. The summed E-state index contributed by atoms with van der Waals surface area (Å²) in [5.74, 6) is 0.638. The number of furan rings is 2. The monoisotopic (exact) mass is 641 g/mol. The average Bonchev–Trinajstić information content (AvgIpc) is 3.77. The SMILES string of the molecule is c1ccc(-c2cc(-c3ccc(-c4ccc5oc6ccccc6c5c4)c4c3oc3ccccc34)nc(-c3ccc(-c4ccccn4)cc3)n2)cc1. The quantitative estimate of drug-likeness (QED) is 0.187. The van der Waals surface area contributed by atoms with E-state index in [1.54, 1.807) is 0 Å². The van der Waals surface area contributed by atoms with E-state index in [4.69, 9.17) is 18.8 Å². The van der Waals surface area contributed by atoms with Gasteiger partial charge in [-0.1, -0.05) is 109 Å². The summed E-state index contributed by atoms with van der Waals surface area (Å²) in [6.07, 6.45) is 1.81. The van der Waals surface area contributed by atoms with Crippen LogP contribution in [0.5, 0.6) is 0 Å². The largest absolute Gasteiger partial charge is 0.456 e. The topological polar surface area (TPSA) is 65.0 Å². The summed E-state index contributed by atoms with van der Waals surface area (Å²) in [7, 11) is 0. The zero-order valence-corrected chi connectivity index (χ0v) is 26.7. The first kappa shape index (κ1) is 28.2. The summed E-state index contributed by atoms with van der Waals surface area (Å²) in [6.45, 7) is 0. The highest BCUT2D eigenvalue weighted by molar-refractivity contribution is 6.17. The molecule has 0 bridgehead atoms. The molecule has 0 saturated heterocycles. The molecule has 10 aromatic rings. The number of rotatable bonds is 5. The molecule has 0 aliphatic heterocycles. The van der Waals surface area contributed by atoms with Gasteiger partial charge in [-0.25, -0.2) is 9.97 Å². The Balaban J connectivity index is 1.18. The third-order valence-corrected chi connectivity index (χ3v) is 9.39. The van der Waals surface area contributed by atoms with E-state index in [1.807, 2.05) is 66.9 Å². The normalized spacial score (nSPS) is 11.6. The van der Waals surface area contributed by atoms with E-state index in [0.717, 1.165) is 94.3 Å². The second kappa shape index (κ2) is 11.4. The Labute approximate surface area is 287 Å². The van der Waals surface area contributed by atoms with Crippen LogP contribution in [0.3, 0.4) is 0 Å². The Kier molecular flexibility index (Phi) is 6.42. The fourth-order valence-corrected chi connectivity index (χ4v) is 6.96. The number of para-hydroxylation sites is 2. The Morgan fingerprint density at radius 2 is 1.02 bits per heavy atom. The molecule has 0 aliphatic rings. The van der Waals surface area contributed by atoms with Crippen molar-refractivity contribution in [3.63, 3.8) is 0 Å². The number of benzene rings is 6. The minimum Gasteiger partial charge on any atom is -0.456 e. The van der Waals surface area contributed by atoms with E-state index < -0.39 is 0 Å². The van der Waals surface area contributed by atoms with Crippen LogP contribution in [-0.4, -0.2) is 15.0 Å². The molecule has 50 heavy (non-hydrogen) atoms. The molecule has 5 heteroatoms. The predicted molar refractivity (Wildman–Crippen MR) is 202 cm³/mol. The van der Waals surface area contributed by atoms with Crippen molar-refractivity contribution in [3.8, 4) is 56.3 Å². The van der Waals surface area contributed by atoms with E-state index in [1.165, 1.54) is 0 Å². The molecule has 4 aromatic heterocycles. The van der Waals surface area contributed by atoms with Gasteiger partial charge in [0.2, 0.25) is 0 Å². The minimum absolute atomic E-state index is 0.638. The third kappa shape index (κ3) is 4.67. The zero-order chi connectivity index (χ0) is 33.0. The maximum atomic E-state index is 6.71. The number of fused-ring (bicyclic) bond motifs is 6. The lowest BCUT2D eigenvalue weighted by atomic mass is 9.95. The van der Waals surface area contributed by atoms with E-state index in [0.29, 0.717) is 5.82 Å². The van der Waals surface area contributed by atoms with Crippen LogP contribution in [0, 0.1) is 0 Å². The molecule has 0 saturated carbocycles. The first-order valence-corrected chi connectivity index (χ1v) is 16.6. The summed E-state index contributed by atoms with van der Waals surface area (Å²) in [6, 6.07) is 53.7. The average molecular weight is 642 g/mol. The highest BCUT2D eigenvalue weighted by atomic mass is 16.3. The van der Waals surface area contributed by atoms with Crippen molar-refractivity contribution in [2.24, 2.45) is 0 Å². The second-order valence-electron chi connectivity index (χ2n) is 12.4. The maximum absolute atomic E-state index is 6.71. The van der Waals surface area contributed by atoms with Gasteiger partial charge in [-0.2, -0.15) is 0 Å². The number of aromatic nitrogens is 3. The number of nitrogens with zero attached hydrogens (tertiary/aromatic N) is 3. The summed E-state index contributed by atoms with van der Waals surface area (Å²) < 4.78 is 12.9. The first-order valence-electron chi connectivity index (χ1n) is 16.6. The first-order chi connectivity index (χ1) is 24.8. The van der Waals surface area contributed by atoms with Gasteiger partial charge in [-0.15, -0.1) is 0 Å². The van der Waals surface area contributed by atoms with E-state index in [2.05, 4.69) is 102 Å². The van der Waals surface area contributed by atoms with Gasteiger partial charge in [0.15, 0.2) is 5.82 Å². The van der Waals surface area contributed by atoms with Gasteiger partial charge in [-0.05, 0) is 59.7 Å². The van der Waals surface area contributed by atoms with Crippen LogP contribution in [0.1, 0.15) is 0 Å². The molecular weight excluding hydrogens is 615 g/mol. The van der Waals surface area contributed by atoms with Gasteiger partial charge in [0.05, 0.1) is 17.1 Å². The lowest BCUT2D eigenvalue weighted by Crippen LogP contribution is -1.96. The summed E-state index contributed by atoms with van der Waals surface area (Å²) in [4.78, 5) is 14.8. The van der Waals surface area contributed by atoms with E-state index >= 15 is 0 Å². The van der Waals surface area contributed by atoms with Gasteiger partial charge < -0.3 is 8.83 Å². The molecule has 0 amide bonds. The van der Waals surface area contributed by atoms with E-state index in [9.17, 15) is 0 Å². The number of hydrogen-bond donors (Lipinski definition) is 0. The summed E-state index contributed by atoms with van der Waals surface area (Å²) in [5.41, 5.74) is 12.0. The molecule has 234 valence electrons. The molecule has 4 heterocycles. The smallest absolute Gasteiger partial charge is 0.160 e. The molecule has 0 fully saturated rings. The Morgan fingerprint density at radius 3 is 1.84 bits per heavy atom. The molecule has 0 unspecified atom stereocenters. The maximum Gasteiger partial charge on any atom is 0.160 e. The lowest BCUT2D eigenvalue weighted by molar-refractivity contribution is 0.669. The molecule has 0 spiro atoms. The van der Waals surface area contributed by atoms with Crippen LogP contribution >= 0.6 is 0 Å². The van der Waals surface area contributed by atoms with Crippen molar-refractivity contribution in [1.29, 1.82) is 0 Å². The molecular formula is C45H27N3O2. The van der Waals surface area contributed by atoms with Crippen molar-refractivity contribution < 1.29 is 8.83 Å². The van der Waals surface area contributed by atoms with Gasteiger partial charge in [0, 0.05) is 50.0 Å². The minimum atomic E-state index is 0.638. The van der Waals surface area contributed by atoms with Crippen molar-refractivity contribution in [3.05, 3.63) is 164 Å². The standard InChI is InChI=1S/C45H27N3O2/c1-2-10-28(11-3-1)38-27-39(48-45(47-38)30-19-17-29(18-20-30)37-14-8-9-25-46-37)34-23-22-32(43-35-13-5-7-16-41(35)50-44(34)43)31-21-24-42-36(26-31)33-12-4-6-15-40(33)49-42/h1-27H. The highest BCUT2D eigenvalue weighted by Crippen LogP contribution is 2.43. The van der Waals surface area contributed by atoms with E-state index in [-0.39, 0.29) is 0 Å². The lowest BCUT2D eigenvalue weighted by Gasteiger charge is -2.12. The number of pyridine rings is 1. The van der Waals surface area contributed by atoms with Crippen molar-refractivity contribution in [2.45, 2.75) is 0 Å². The van der Waals surface area contributed by atoms with Crippen LogP contribution in [0.2, 0.25) is 0 Å². The second-order valence-corrected chi connectivity index (χ2v) is 12.4. The third-order valence-electron chi connectivity index (χ3n) is 9.39. The van der Waals surface area contributed by atoms with Gasteiger partial charge in [0.1, 0.15) is 22.3 Å². The fraction of sp³-hybridized carbons (Fsp3) is 0. The van der Waals surface area contributed by atoms with Crippen molar-refractivity contribution in [2.75, 3.05) is 0 Å². The molecule has 6 aromatic carbocycles. The van der Waals surface area contributed by atoms with Crippen molar-refractivity contribution >= 4 is 43.9 Å². The zero-order valence-electron chi connectivity index (χ0n) is 26.7. The predicted octanol–water partition coefficient (Wildman–Crippen LogP) is 12.0. The van der Waals surface area contributed by atoms with Crippen LogP contribution in [0.4, 0.5) is 0 Å². The van der Waals surface area contributed by atoms with Gasteiger partial charge in [-0.3, -0.25) is 4.98 Å². The fourth-order valence-electron chi connectivity index (χ4n) is 6.96. The van der Waals surface area contributed by atoms with Crippen LogP contribution < -0.4 is 0 Å². The molecule has 0 N–H and O–H groups in total. The van der Waals surface area contributed by atoms with Crippen LogP contribution in [0.15, 0.2) is 173 Å². The van der Waals surface area contributed by atoms with Crippen molar-refractivity contribution in [1.82, 2.24) is 15.0 Å². The molecule has 0 radical (unpaired) electrons. The molecule has 0 aliphatic carbocycles. The molecule has 0 atom stereocenters. The Bertz CT molecular complexity index is 2850. The van der Waals surface area contributed by atoms with Crippen LogP contribution in [0.25, 0.3) is 100 Å². The highest BCUT2D eigenvalue weighted by Gasteiger charge is 2.20. The summed E-state index contributed by atoms with van der Waals surface area (Å²) >= 11 is 0.